The normalized spacial score (nSPS) is 47.4. The Bertz CT molecular complexity index is 653. The van der Waals surface area contributed by atoms with E-state index < -0.39 is 52.6 Å². The molecule has 24 heavy (non-hydrogen) atoms. The van der Waals surface area contributed by atoms with Gasteiger partial charge in [-0.1, -0.05) is 6.58 Å². The predicted molar refractivity (Wildman–Crippen MR) is 85.1 cm³/mol. The van der Waals surface area contributed by atoms with Crippen molar-refractivity contribution in [1.29, 1.82) is 0 Å². The molecule has 1 aliphatic heterocycles. The molecule has 3 rings (SSSR count). The average molecular weight is 357 g/mol. The minimum absolute atomic E-state index is 0.106. The molecule has 0 spiro atoms. The summed E-state index contributed by atoms with van der Waals surface area (Å²) in [7, 11) is 0. The fraction of sp³-hybridized carbons (Fsp3) is 0.647. The lowest BCUT2D eigenvalue weighted by molar-refractivity contribution is -0.157. The molecule has 0 unspecified atom stereocenters. The topological polar surface area (TPSA) is 93.1 Å². The molecule has 0 radical (unpaired) electrons. The third-order valence-corrected chi connectivity index (χ3v) is 6.21. The van der Waals surface area contributed by atoms with Crippen LogP contribution in [0.3, 0.4) is 0 Å². The highest BCUT2D eigenvalue weighted by atomic mass is 35.5. The van der Waals surface area contributed by atoms with Crippen LogP contribution >= 0.6 is 11.6 Å². The maximum absolute atomic E-state index is 12.1. The zero-order valence-corrected chi connectivity index (χ0v) is 14.5. The summed E-state index contributed by atoms with van der Waals surface area (Å²) in [6.45, 7) is 8.25. The third-order valence-electron chi connectivity index (χ3n) is 5.61. The average Bonchev–Trinajstić information content (AvgIpc) is 2.77. The number of hydrogen-bond acceptors (Lipinski definition) is 6. The molecule has 0 bridgehead atoms. The van der Waals surface area contributed by atoms with E-state index >= 15 is 0 Å². The van der Waals surface area contributed by atoms with Crippen molar-refractivity contribution in [3.63, 3.8) is 0 Å². The minimum Gasteiger partial charge on any atom is -0.458 e. The smallest absolute Gasteiger partial charge is 0.334 e. The molecular weight excluding hydrogens is 336 g/mol. The number of esters is 2. The van der Waals surface area contributed by atoms with Crippen molar-refractivity contribution in [3.05, 3.63) is 23.8 Å². The van der Waals surface area contributed by atoms with E-state index in [0.717, 1.165) is 0 Å². The van der Waals surface area contributed by atoms with Gasteiger partial charge < -0.3 is 19.7 Å². The SMILES string of the molecule is C=C1C(=O)O[C@H]2[C@H]1[C@@H](OC(C)=O)C=C(C)[C@]1(O)C[C@H](Cl)[C@@](C)(O)[C@H]21. The summed E-state index contributed by atoms with van der Waals surface area (Å²) in [5.41, 5.74) is -2.24. The van der Waals surface area contributed by atoms with Crippen molar-refractivity contribution in [1.82, 2.24) is 0 Å². The largest absolute Gasteiger partial charge is 0.458 e. The third kappa shape index (κ3) is 2.24. The lowest BCUT2D eigenvalue weighted by Gasteiger charge is -2.39. The summed E-state index contributed by atoms with van der Waals surface area (Å²) in [5.74, 6) is -2.66. The number of fused-ring (bicyclic) bond motifs is 3. The number of carbonyl (C=O) groups excluding carboxylic acids is 2. The summed E-state index contributed by atoms with van der Waals surface area (Å²) >= 11 is 6.29. The predicted octanol–water partition coefficient (Wildman–Crippen LogP) is 1.09. The Morgan fingerprint density at radius 3 is 2.71 bits per heavy atom. The highest BCUT2D eigenvalue weighted by Crippen LogP contribution is 2.56. The van der Waals surface area contributed by atoms with E-state index in [1.54, 1.807) is 13.0 Å². The van der Waals surface area contributed by atoms with E-state index in [0.29, 0.717) is 5.57 Å². The molecule has 6 nitrogen and oxygen atoms in total. The van der Waals surface area contributed by atoms with E-state index in [4.69, 9.17) is 21.1 Å². The van der Waals surface area contributed by atoms with Crippen LogP contribution < -0.4 is 0 Å². The molecule has 2 aliphatic carbocycles. The Kier molecular flexibility index (Phi) is 3.86. The highest BCUT2D eigenvalue weighted by molar-refractivity contribution is 6.21. The second-order valence-electron chi connectivity index (χ2n) is 7.14. The van der Waals surface area contributed by atoms with E-state index in [2.05, 4.69) is 6.58 Å². The Morgan fingerprint density at radius 1 is 1.50 bits per heavy atom. The Labute approximate surface area is 145 Å². The summed E-state index contributed by atoms with van der Waals surface area (Å²) in [5, 5.41) is 21.5. The molecule has 7 atom stereocenters. The van der Waals surface area contributed by atoms with Crippen molar-refractivity contribution in [2.24, 2.45) is 11.8 Å². The van der Waals surface area contributed by atoms with E-state index in [9.17, 15) is 19.8 Å². The molecule has 1 saturated carbocycles. The molecule has 0 aromatic rings. The first-order valence-corrected chi connectivity index (χ1v) is 8.28. The standard InChI is InChI=1S/C17H21ClO6/c1-7-5-10(23-9(3)19)12-8(2)15(20)24-13(12)14-16(4,21)11(18)6-17(7,14)22/h5,10-14,21-22H,2,6H2,1,3-4H3/t10-,11-,12+,13-,14-,16+,17+/m0/s1. The van der Waals surface area contributed by atoms with Gasteiger partial charge in [-0.3, -0.25) is 4.79 Å². The van der Waals surface area contributed by atoms with Crippen molar-refractivity contribution in [3.8, 4) is 0 Å². The Morgan fingerprint density at radius 2 is 2.12 bits per heavy atom. The van der Waals surface area contributed by atoms with Gasteiger partial charge in [-0.15, -0.1) is 11.6 Å². The van der Waals surface area contributed by atoms with Gasteiger partial charge in [0.1, 0.15) is 12.2 Å². The van der Waals surface area contributed by atoms with E-state index in [1.807, 2.05) is 0 Å². The lowest BCUT2D eigenvalue weighted by Crippen LogP contribution is -2.52. The van der Waals surface area contributed by atoms with Crippen LogP contribution in [0.4, 0.5) is 0 Å². The number of alkyl halides is 1. The van der Waals surface area contributed by atoms with Crippen molar-refractivity contribution >= 4 is 23.5 Å². The first kappa shape index (κ1) is 17.5. The maximum Gasteiger partial charge on any atom is 0.334 e. The number of ether oxygens (including phenoxy) is 2. The molecule has 3 aliphatic rings. The molecule has 0 aromatic heterocycles. The maximum atomic E-state index is 12.1. The van der Waals surface area contributed by atoms with Crippen LogP contribution in [0.2, 0.25) is 0 Å². The van der Waals surface area contributed by atoms with Gasteiger partial charge in [0.15, 0.2) is 0 Å². The van der Waals surface area contributed by atoms with Gasteiger partial charge in [-0.05, 0) is 31.9 Å². The summed E-state index contributed by atoms with van der Waals surface area (Å²) in [4.78, 5) is 23.5. The summed E-state index contributed by atoms with van der Waals surface area (Å²) < 4.78 is 10.8. The molecule has 0 aromatic carbocycles. The molecular formula is C17H21ClO6. The fourth-order valence-corrected chi connectivity index (χ4v) is 4.73. The lowest BCUT2D eigenvalue weighted by atomic mass is 9.74. The van der Waals surface area contributed by atoms with Crippen LogP contribution in [0.25, 0.3) is 0 Å². The molecule has 1 heterocycles. The van der Waals surface area contributed by atoms with E-state index in [1.165, 1.54) is 13.8 Å². The number of aliphatic hydroxyl groups is 2. The first-order chi connectivity index (χ1) is 11.0. The van der Waals surface area contributed by atoms with Crippen LogP contribution in [-0.4, -0.2) is 50.9 Å². The number of hydrogen-bond donors (Lipinski definition) is 2. The van der Waals surface area contributed by atoms with Gasteiger partial charge >= 0.3 is 11.9 Å². The molecule has 7 heteroatoms. The second kappa shape index (κ2) is 5.31. The Balaban J connectivity index is 2.17. The van der Waals surface area contributed by atoms with Crippen LogP contribution in [0.5, 0.6) is 0 Å². The van der Waals surface area contributed by atoms with Gasteiger partial charge in [-0.25, -0.2) is 4.79 Å². The summed E-state index contributed by atoms with van der Waals surface area (Å²) in [6, 6.07) is 0. The molecule has 132 valence electrons. The van der Waals surface area contributed by atoms with Crippen LogP contribution in [0.15, 0.2) is 23.8 Å². The molecule has 2 fully saturated rings. The summed E-state index contributed by atoms with van der Waals surface area (Å²) in [6.07, 6.45) is 0.0312. The van der Waals surface area contributed by atoms with Crippen LogP contribution in [-0.2, 0) is 19.1 Å². The zero-order valence-electron chi connectivity index (χ0n) is 13.8. The van der Waals surface area contributed by atoms with Crippen LogP contribution in [0, 0.1) is 11.8 Å². The Hall–Kier alpha value is -1.37. The number of halogens is 1. The van der Waals surface area contributed by atoms with Crippen molar-refractivity contribution in [2.75, 3.05) is 0 Å². The highest BCUT2D eigenvalue weighted by Gasteiger charge is 2.67. The second-order valence-corrected chi connectivity index (χ2v) is 7.67. The zero-order chi connectivity index (χ0) is 18.0. The van der Waals surface area contributed by atoms with Crippen molar-refractivity contribution in [2.45, 2.75) is 56.0 Å². The molecule has 1 saturated heterocycles. The number of rotatable bonds is 1. The van der Waals surface area contributed by atoms with Gasteiger partial charge in [0.2, 0.25) is 0 Å². The minimum atomic E-state index is -1.47. The monoisotopic (exact) mass is 356 g/mol. The van der Waals surface area contributed by atoms with Crippen LogP contribution in [0.1, 0.15) is 27.2 Å². The first-order valence-electron chi connectivity index (χ1n) is 7.85. The number of carbonyl (C=O) groups is 2. The molecule has 0 amide bonds. The van der Waals surface area contributed by atoms with Gasteiger partial charge in [0.25, 0.3) is 0 Å². The molecule has 2 N–H and O–H groups in total. The van der Waals surface area contributed by atoms with Gasteiger partial charge in [0, 0.05) is 12.5 Å². The fourth-order valence-electron chi connectivity index (χ4n) is 4.36. The van der Waals surface area contributed by atoms with Crippen molar-refractivity contribution < 1.29 is 29.3 Å². The quantitative estimate of drug-likeness (QED) is 0.316. The van der Waals surface area contributed by atoms with E-state index in [-0.39, 0.29) is 12.0 Å². The van der Waals surface area contributed by atoms with Gasteiger partial charge in [-0.2, -0.15) is 0 Å². The van der Waals surface area contributed by atoms with Gasteiger partial charge in [0.05, 0.1) is 28.4 Å².